The Bertz CT molecular complexity index is 744. The van der Waals surface area contributed by atoms with Crippen LogP contribution in [0, 0.1) is 5.82 Å². The topological polar surface area (TPSA) is 80.1 Å². The molecule has 3 rings (SSSR count). The quantitative estimate of drug-likeness (QED) is 0.606. The zero-order chi connectivity index (χ0) is 17.6. The van der Waals surface area contributed by atoms with Crippen molar-refractivity contribution in [1.29, 1.82) is 0 Å². The fraction of sp³-hybridized carbons (Fsp3) is 0.353. The first-order valence-corrected chi connectivity index (χ1v) is 7.85. The van der Waals surface area contributed by atoms with Crippen molar-refractivity contribution in [3.8, 4) is 11.1 Å². The maximum absolute atomic E-state index is 14.5. The molecule has 7 nitrogen and oxygen atoms in total. The molecule has 0 bridgehead atoms. The summed E-state index contributed by atoms with van der Waals surface area (Å²) in [6, 6.07) is 5.17. The number of aliphatic hydroxyl groups excluding tert-OH is 1. The first-order valence-electron chi connectivity index (χ1n) is 7.85. The first kappa shape index (κ1) is 17.2. The van der Waals surface area contributed by atoms with Crippen molar-refractivity contribution < 1.29 is 19.1 Å². The van der Waals surface area contributed by atoms with E-state index < -0.39 is 0 Å². The van der Waals surface area contributed by atoms with Crippen molar-refractivity contribution in [1.82, 2.24) is 9.97 Å². The second-order valence-corrected chi connectivity index (χ2v) is 5.55. The number of ether oxygens (including phenoxy) is 1. The van der Waals surface area contributed by atoms with Crippen LogP contribution in [0.4, 0.5) is 10.3 Å². The molecule has 1 aliphatic rings. The number of rotatable bonds is 7. The average Bonchev–Trinajstić information content (AvgIpc) is 2.59. The summed E-state index contributed by atoms with van der Waals surface area (Å²) >= 11 is 0. The summed E-state index contributed by atoms with van der Waals surface area (Å²) in [5.41, 5.74) is 2.42. The Morgan fingerprint density at radius 3 is 2.72 bits per heavy atom. The summed E-state index contributed by atoms with van der Waals surface area (Å²) in [5.74, 6) is 0.235. The molecule has 1 fully saturated rings. The van der Waals surface area contributed by atoms with E-state index >= 15 is 0 Å². The number of methoxy groups -OCH3 is 1. The second-order valence-electron chi connectivity index (χ2n) is 5.55. The van der Waals surface area contributed by atoms with Gasteiger partial charge in [-0.3, -0.25) is 0 Å². The Balaban J connectivity index is 1.68. The van der Waals surface area contributed by atoms with Crippen LogP contribution in [0.2, 0.25) is 0 Å². The maximum atomic E-state index is 14.5. The van der Waals surface area contributed by atoms with Crippen molar-refractivity contribution in [2.75, 3.05) is 38.3 Å². The van der Waals surface area contributed by atoms with Crippen molar-refractivity contribution in [3.05, 3.63) is 42.0 Å². The molecular weight excluding hydrogens is 327 g/mol. The average molecular weight is 346 g/mol. The monoisotopic (exact) mass is 346 g/mol. The van der Waals surface area contributed by atoms with Gasteiger partial charge in [-0.25, -0.2) is 14.4 Å². The number of oxime groups is 1. The van der Waals surface area contributed by atoms with Crippen LogP contribution in [0.3, 0.4) is 0 Å². The molecule has 0 radical (unpaired) electrons. The molecule has 1 aromatic carbocycles. The summed E-state index contributed by atoms with van der Waals surface area (Å²) in [6.07, 6.45) is 3.21. The third kappa shape index (κ3) is 3.92. The molecule has 25 heavy (non-hydrogen) atoms. The lowest BCUT2D eigenvalue weighted by Crippen LogP contribution is -2.48. The van der Waals surface area contributed by atoms with E-state index in [1.54, 1.807) is 30.6 Å². The minimum Gasteiger partial charge on any atom is -0.393 e. The van der Waals surface area contributed by atoms with Crippen LogP contribution in [-0.2, 0) is 16.2 Å². The molecular formula is C17H19FN4O3. The molecule has 0 amide bonds. The van der Waals surface area contributed by atoms with Crippen molar-refractivity contribution in [2.45, 2.75) is 6.61 Å². The normalized spacial score (nSPS) is 13.6. The SMILES string of the molecule is COCc1cccc(-c2cnc(N3CC(=NOCCO)C3)nc2)c1F. The number of benzene rings is 1. The number of nitrogens with zero attached hydrogens (tertiary/aromatic N) is 4. The highest BCUT2D eigenvalue weighted by atomic mass is 19.1. The number of hydrogen-bond acceptors (Lipinski definition) is 7. The molecule has 1 aromatic heterocycles. The van der Waals surface area contributed by atoms with Crippen LogP contribution < -0.4 is 4.90 Å². The molecule has 132 valence electrons. The summed E-state index contributed by atoms with van der Waals surface area (Å²) in [4.78, 5) is 15.4. The lowest BCUT2D eigenvalue weighted by molar-refractivity contribution is 0.0975. The third-order valence-corrected chi connectivity index (χ3v) is 3.73. The number of hydrogen-bond donors (Lipinski definition) is 1. The van der Waals surface area contributed by atoms with Gasteiger partial charge in [-0.05, 0) is 0 Å². The Morgan fingerprint density at radius 2 is 2.04 bits per heavy atom. The van der Waals surface area contributed by atoms with Gasteiger partial charge in [0.25, 0.3) is 0 Å². The fourth-order valence-corrected chi connectivity index (χ4v) is 2.46. The Morgan fingerprint density at radius 1 is 1.28 bits per heavy atom. The number of aliphatic hydroxyl groups is 1. The van der Waals surface area contributed by atoms with Gasteiger partial charge in [-0.15, -0.1) is 0 Å². The molecule has 2 aromatic rings. The number of anilines is 1. The van der Waals surface area contributed by atoms with E-state index in [0.717, 1.165) is 5.71 Å². The van der Waals surface area contributed by atoms with Crippen molar-refractivity contribution in [3.63, 3.8) is 0 Å². The highest BCUT2D eigenvalue weighted by molar-refractivity contribution is 5.98. The molecule has 1 N–H and O–H groups in total. The van der Waals surface area contributed by atoms with Crippen molar-refractivity contribution in [2.24, 2.45) is 5.16 Å². The summed E-state index contributed by atoms with van der Waals surface area (Å²) in [5, 5.41) is 12.5. The minimum absolute atomic E-state index is 0.0623. The summed E-state index contributed by atoms with van der Waals surface area (Å²) in [7, 11) is 1.53. The van der Waals surface area contributed by atoms with Gasteiger partial charge in [0.15, 0.2) is 0 Å². The van der Waals surface area contributed by atoms with Gasteiger partial charge in [0.05, 0.1) is 32.0 Å². The van der Waals surface area contributed by atoms with E-state index in [1.807, 2.05) is 4.90 Å². The van der Waals surface area contributed by atoms with Crippen LogP contribution >= 0.6 is 0 Å². The number of aromatic nitrogens is 2. The first-order chi connectivity index (χ1) is 12.2. The molecule has 1 saturated heterocycles. The maximum Gasteiger partial charge on any atom is 0.225 e. The largest absolute Gasteiger partial charge is 0.393 e. The van der Waals surface area contributed by atoms with Crippen LogP contribution in [-0.4, -0.2) is 54.2 Å². The van der Waals surface area contributed by atoms with Gasteiger partial charge in [0.1, 0.15) is 12.4 Å². The predicted molar refractivity (Wildman–Crippen MR) is 90.8 cm³/mol. The lowest BCUT2D eigenvalue weighted by atomic mass is 10.1. The van der Waals surface area contributed by atoms with E-state index in [-0.39, 0.29) is 25.6 Å². The molecule has 2 heterocycles. The highest BCUT2D eigenvalue weighted by Gasteiger charge is 2.25. The fourth-order valence-electron chi connectivity index (χ4n) is 2.46. The van der Waals surface area contributed by atoms with E-state index in [9.17, 15) is 4.39 Å². The Hall–Kier alpha value is -2.58. The zero-order valence-electron chi connectivity index (χ0n) is 13.9. The van der Waals surface area contributed by atoms with Crippen LogP contribution in [0.1, 0.15) is 5.56 Å². The van der Waals surface area contributed by atoms with E-state index in [0.29, 0.717) is 35.7 Å². The molecule has 8 heteroatoms. The molecule has 0 atom stereocenters. The summed E-state index contributed by atoms with van der Waals surface area (Å²) < 4.78 is 19.5. The second kappa shape index (κ2) is 8.00. The van der Waals surface area contributed by atoms with E-state index in [2.05, 4.69) is 15.1 Å². The molecule has 0 aliphatic carbocycles. The van der Waals surface area contributed by atoms with Crippen molar-refractivity contribution >= 4 is 11.7 Å². The Labute approximate surface area is 144 Å². The zero-order valence-corrected chi connectivity index (χ0v) is 13.9. The molecule has 0 unspecified atom stereocenters. The predicted octanol–water partition coefficient (Wildman–Crippen LogP) is 1.61. The summed E-state index contributed by atoms with van der Waals surface area (Å²) in [6.45, 7) is 1.48. The number of halogens is 1. The van der Waals surface area contributed by atoms with Gasteiger partial charge in [0, 0.05) is 36.2 Å². The van der Waals surface area contributed by atoms with Crippen LogP contribution in [0.5, 0.6) is 0 Å². The van der Waals surface area contributed by atoms with Gasteiger partial charge >= 0.3 is 0 Å². The van der Waals surface area contributed by atoms with Crippen LogP contribution in [0.25, 0.3) is 11.1 Å². The van der Waals surface area contributed by atoms with E-state index in [4.69, 9.17) is 14.7 Å². The Kier molecular flexibility index (Phi) is 5.52. The molecule has 0 saturated carbocycles. The molecule has 0 spiro atoms. The van der Waals surface area contributed by atoms with E-state index in [1.165, 1.54) is 7.11 Å². The van der Waals surface area contributed by atoms with Gasteiger partial charge in [0.2, 0.25) is 5.95 Å². The smallest absolute Gasteiger partial charge is 0.225 e. The highest BCUT2D eigenvalue weighted by Crippen LogP contribution is 2.25. The third-order valence-electron chi connectivity index (χ3n) is 3.73. The van der Waals surface area contributed by atoms with Gasteiger partial charge in [-0.2, -0.15) is 0 Å². The van der Waals surface area contributed by atoms with Gasteiger partial charge < -0.3 is 19.6 Å². The minimum atomic E-state index is -0.319. The lowest BCUT2D eigenvalue weighted by Gasteiger charge is -2.31. The standard InChI is InChI=1S/C17H19FN4O3/c1-24-11-12-3-2-4-15(16(12)18)13-7-19-17(20-8-13)22-9-14(10-22)21-25-6-5-23/h2-4,7-8,23H,5-6,9-11H2,1H3. The molecule has 1 aliphatic heterocycles. The van der Waals surface area contributed by atoms with Gasteiger partial charge in [-0.1, -0.05) is 23.4 Å². The van der Waals surface area contributed by atoms with Crippen LogP contribution in [0.15, 0.2) is 35.7 Å².